The molecule has 0 unspecified atom stereocenters. The molecule has 1 aliphatic rings. The van der Waals surface area contributed by atoms with Gasteiger partial charge in [-0.1, -0.05) is 42.2 Å². The fraction of sp³-hybridized carbons (Fsp3) is 0.450. The van der Waals surface area contributed by atoms with Crippen molar-refractivity contribution < 1.29 is 14.3 Å². The summed E-state index contributed by atoms with van der Waals surface area (Å²) >= 11 is 6.92. The van der Waals surface area contributed by atoms with Crippen molar-refractivity contribution in [3.8, 4) is 0 Å². The number of hydrogen-bond donors (Lipinski definition) is 1. The number of esters is 1. The van der Waals surface area contributed by atoms with Crippen LogP contribution in [0.2, 0.25) is 0 Å². The molecule has 5 nitrogen and oxygen atoms in total. The number of carbonyl (C=O) groups excluding carboxylic acids is 2. The third kappa shape index (κ3) is 4.52. The summed E-state index contributed by atoms with van der Waals surface area (Å²) < 4.78 is 5.83. The number of ketones is 1. The van der Waals surface area contributed by atoms with Gasteiger partial charge in [0.1, 0.15) is 4.32 Å². The van der Waals surface area contributed by atoms with E-state index in [0.29, 0.717) is 12.4 Å². The first kappa shape index (κ1) is 19.9. The molecule has 1 saturated heterocycles. The number of para-hydroxylation sites is 1. The maximum Gasteiger partial charge on any atom is 0.309 e. The third-order valence-corrected chi connectivity index (χ3v) is 6.40. The minimum atomic E-state index is -0.110. The van der Waals surface area contributed by atoms with Gasteiger partial charge in [-0.25, -0.2) is 0 Å². The normalized spacial score (nSPS) is 15.1. The summed E-state index contributed by atoms with van der Waals surface area (Å²) in [5, 5.41) is 0.960. The third-order valence-electron chi connectivity index (χ3n) is 4.87. The van der Waals surface area contributed by atoms with Crippen LogP contribution in [0.25, 0.3) is 10.9 Å². The summed E-state index contributed by atoms with van der Waals surface area (Å²) in [6.07, 6.45) is 1.49. The Hall–Kier alpha value is -1.86. The maximum atomic E-state index is 12.8. The van der Waals surface area contributed by atoms with Gasteiger partial charge >= 0.3 is 5.97 Å². The molecule has 0 atom stereocenters. The Morgan fingerprint density at radius 1 is 1.30 bits per heavy atom. The Balaban J connectivity index is 1.54. The van der Waals surface area contributed by atoms with E-state index in [1.807, 2.05) is 38.1 Å². The lowest BCUT2D eigenvalue weighted by Crippen LogP contribution is -2.39. The molecule has 1 aromatic heterocycles. The minimum absolute atomic E-state index is 0.0375. The zero-order valence-corrected chi connectivity index (χ0v) is 17.3. The Morgan fingerprint density at radius 2 is 2.00 bits per heavy atom. The van der Waals surface area contributed by atoms with Gasteiger partial charge in [-0.2, -0.15) is 0 Å². The number of rotatable bonds is 5. The average molecular weight is 405 g/mol. The number of aryl methyl sites for hydroxylation is 1. The monoisotopic (exact) mass is 404 g/mol. The highest BCUT2D eigenvalue weighted by molar-refractivity contribution is 8.23. The number of fused-ring (bicyclic) bond motifs is 1. The van der Waals surface area contributed by atoms with Crippen molar-refractivity contribution in [1.82, 2.24) is 9.88 Å². The van der Waals surface area contributed by atoms with Gasteiger partial charge in [0, 0.05) is 35.2 Å². The molecule has 2 heterocycles. The number of benzene rings is 1. The SMILES string of the molecule is CCOC(=O)C1CCN(C(=S)SCC(=O)c2c(C)[nH]c3ccccc23)CC1. The van der Waals surface area contributed by atoms with E-state index in [1.165, 1.54) is 11.8 Å². The van der Waals surface area contributed by atoms with Gasteiger partial charge in [-0.05, 0) is 32.8 Å². The predicted molar refractivity (Wildman–Crippen MR) is 113 cm³/mol. The number of piperidine rings is 1. The fourth-order valence-electron chi connectivity index (χ4n) is 3.48. The van der Waals surface area contributed by atoms with Crippen molar-refractivity contribution in [3.05, 3.63) is 35.5 Å². The fourth-order valence-corrected chi connectivity index (χ4v) is 4.61. The van der Waals surface area contributed by atoms with Crippen LogP contribution < -0.4 is 0 Å². The number of aromatic nitrogens is 1. The first-order valence-electron chi connectivity index (χ1n) is 9.20. The van der Waals surface area contributed by atoms with Crippen LogP contribution in [0.5, 0.6) is 0 Å². The predicted octanol–water partition coefficient (Wildman–Crippen LogP) is 3.95. The highest BCUT2D eigenvalue weighted by Crippen LogP contribution is 2.25. The molecule has 0 bridgehead atoms. The quantitative estimate of drug-likeness (QED) is 0.462. The van der Waals surface area contributed by atoms with Crippen LogP contribution in [0.4, 0.5) is 0 Å². The number of hydrogen-bond acceptors (Lipinski definition) is 5. The zero-order chi connectivity index (χ0) is 19.4. The number of nitrogens with one attached hydrogen (secondary N) is 1. The molecule has 0 radical (unpaired) electrons. The van der Waals surface area contributed by atoms with Crippen molar-refractivity contribution in [2.75, 3.05) is 25.4 Å². The number of ether oxygens (including phenoxy) is 1. The minimum Gasteiger partial charge on any atom is -0.466 e. The second-order valence-electron chi connectivity index (χ2n) is 6.66. The zero-order valence-electron chi connectivity index (χ0n) is 15.6. The summed E-state index contributed by atoms with van der Waals surface area (Å²) in [6.45, 7) is 5.63. The Morgan fingerprint density at radius 3 is 2.70 bits per heavy atom. The summed E-state index contributed by atoms with van der Waals surface area (Å²) in [6, 6.07) is 7.84. The lowest BCUT2D eigenvalue weighted by Gasteiger charge is -2.32. The van der Waals surface area contributed by atoms with E-state index in [-0.39, 0.29) is 17.7 Å². The van der Waals surface area contributed by atoms with E-state index in [0.717, 1.165) is 52.4 Å². The molecule has 2 aromatic rings. The van der Waals surface area contributed by atoms with E-state index in [1.54, 1.807) is 0 Å². The number of likely N-dealkylation sites (tertiary alicyclic amines) is 1. The van der Waals surface area contributed by atoms with Gasteiger partial charge < -0.3 is 14.6 Å². The topological polar surface area (TPSA) is 62.4 Å². The van der Waals surface area contributed by atoms with Crippen molar-refractivity contribution in [1.29, 1.82) is 0 Å². The van der Waals surface area contributed by atoms with E-state index in [2.05, 4.69) is 9.88 Å². The van der Waals surface area contributed by atoms with Crippen molar-refractivity contribution in [3.63, 3.8) is 0 Å². The van der Waals surface area contributed by atoms with Crippen molar-refractivity contribution >= 4 is 51.0 Å². The molecule has 0 amide bonds. The van der Waals surface area contributed by atoms with E-state index in [9.17, 15) is 9.59 Å². The molecular formula is C20H24N2O3S2. The molecule has 1 aliphatic heterocycles. The molecule has 0 spiro atoms. The van der Waals surface area contributed by atoms with Crippen LogP contribution in [0, 0.1) is 12.8 Å². The number of Topliss-reactive ketones (excluding diaryl/α,β-unsaturated/α-hetero) is 1. The largest absolute Gasteiger partial charge is 0.466 e. The molecule has 7 heteroatoms. The molecule has 1 fully saturated rings. The van der Waals surface area contributed by atoms with Gasteiger partial charge in [0.25, 0.3) is 0 Å². The number of thiocarbonyl (C=S) groups is 1. The van der Waals surface area contributed by atoms with Gasteiger partial charge in [-0.3, -0.25) is 9.59 Å². The average Bonchev–Trinajstić information content (AvgIpc) is 3.02. The second kappa shape index (κ2) is 8.89. The number of nitrogens with zero attached hydrogens (tertiary/aromatic N) is 1. The van der Waals surface area contributed by atoms with Crippen LogP contribution in [-0.2, 0) is 9.53 Å². The molecule has 0 saturated carbocycles. The lowest BCUT2D eigenvalue weighted by molar-refractivity contribution is -0.149. The highest BCUT2D eigenvalue weighted by atomic mass is 32.2. The summed E-state index contributed by atoms with van der Waals surface area (Å²) in [7, 11) is 0. The highest BCUT2D eigenvalue weighted by Gasteiger charge is 2.27. The van der Waals surface area contributed by atoms with E-state index >= 15 is 0 Å². The molecule has 0 aliphatic carbocycles. The maximum absolute atomic E-state index is 12.8. The molecular weight excluding hydrogens is 380 g/mol. The lowest BCUT2D eigenvalue weighted by atomic mass is 9.97. The number of thioether (sulfide) groups is 1. The number of aromatic amines is 1. The first-order valence-corrected chi connectivity index (χ1v) is 10.6. The van der Waals surface area contributed by atoms with Crippen molar-refractivity contribution in [2.45, 2.75) is 26.7 Å². The number of carbonyl (C=O) groups is 2. The van der Waals surface area contributed by atoms with Crippen LogP contribution in [0.3, 0.4) is 0 Å². The Bertz CT molecular complexity index is 854. The van der Waals surface area contributed by atoms with Gasteiger partial charge in [-0.15, -0.1) is 0 Å². The molecule has 144 valence electrons. The van der Waals surface area contributed by atoms with Crippen molar-refractivity contribution in [2.24, 2.45) is 5.92 Å². The van der Waals surface area contributed by atoms with Gasteiger partial charge in [0.05, 0.1) is 18.3 Å². The molecule has 1 aromatic carbocycles. The summed E-state index contributed by atoms with van der Waals surface area (Å²) in [5.41, 5.74) is 2.62. The first-order chi connectivity index (χ1) is 13.0. The Labute approximate surface area is 168 Å². The van der Waals surface area contributed by atoms with E-state index in [4.69, 9.17) is 17.0 Å². The van der Waals surface area contributed by atoms with Crippen LogP contribution in [-0.4, -0.2) is 51.4 Å². The second-order valence-corrected chi connectivity index (χ2v) is 8.27. The standard InChI is InChI=1S/C20H24N2O3S2/c1-3-25-19(24)14-8-10-22(11-9-14)20(26)27-12-17(23)18-13(2)21-16-7-5-4-6-15(16)18/h4-7,14,21H,3,8-12H2,1-2H3. The molecule has 3 rings (SSSR count). The Kier molecular flexibility index (Phi) is 6.55. The summed E-state index contributed by atoms with van der Waals surface area (Å²) in [4.78, 5) is 30.0. The number of H-pyrrole nitrogens is 1. The van der Waals surface area contributed by atoms with Crippen LogP contribution >= 0.6 is 24.0 Å². The van der Waals surface area contributed by atoms with E-state index < -0.39 is 0 Å². The summed E-state index contributed by atoms with van der Waals surface area (Å²) in [5.74, 6) is 0.253. The van der Waals surface area contributed by atoms with Gasteiger partial charge in [0.15, 0.2) is 5.78 Å². The van der Waals surface area contributed by atoms with Crippen LogP contribution in [0.1, 0.15) is 35.8 Å². The molecule has 1 N–H and O–H groups in total. The van der Waals surface area contributed by atoms with Gasteiger partial charge in [0.2, 0.25) is 0 Å². The molecule has 27 heavy (non-hydrogen) atoms. The van der Waals surface area contributed by atoms with Crippen LogP contribution in [0.15, 0.2) is 24.3 Å². The smallest absolute Gasteiger partial charge is 0.309 e.